The molecule has 2 aromatic rings. The van der Waals surface area contributed by atoms with E-state index in [4.69, 9.17) is 9.26 Å². The largest absolute Gasteiger partial charge is 0.497 e. The summed E-state index contributed by atoms with van der Waals surface area (Å²) in [7, 11) is 1.56. The molecule has 0 atom stereocenters. The van der Waals surface area contributed by atoms with Crippen LogP contribution in [0.3, 0.4) is 0 Å². The summed E-state index contributed by atoms with van der Waals surface area (Å²) in [4.78, 5) is 15.8. The van der Waals surface area contributed by atoms with Gasteiger partial charge in [-0.15, -0.1) is 0 Å². The predicted molar refractivity (Wildman–Crippen MR) is 75.6 cm³/mol. The Balaban J connectivity index is 1.94. The number of hydrogen-bond donors (Lipinski definition) is 2. The molecular weight excluding hydrogens is 328 g/mol. The van der Waals surface area contributed by atoms with Crippen LogP contribution in [0.4, 0.5) is 10.5 Å². The maximum atomic E-state index is 11.8. The number of carbonyl (C=O) groups is 1. The number of carbonyl (C=O) groups excluding carboxylic acids is 1. The van der Waals surface area contributed by atoms with Crippen LogP contribution in [-0.2, 0) is 6.54 Å². The lowest BCUT2D eigenvalue weighted by molar-refractivity contribution is 0.251. The van der Waals surface area contributed by atoms with E-state index < -0.39 is 0 Å². The van der Waals surface area contributed by atoms with Gasteiger partial charge in [0, 0.05) is 17.5 Å². The summed E-state index contributed by atoms with van der Waals surface area (Å²) in [5, 5.41) is 9.01. The van der Waals surface area contributed by atoms with E-state index in [2.05, 4.69) is 36.7 Å². The van der Waals surface area contributed by atoms with E-state index in [1.165, 1.54) is 0 Å². The first-order valence-electron chi connectivity index (χ1n) is 5.76. The molecule has 0 aliphatic heterocycles. The monoisotopic (exact) mass is 340 g/mol. The SMILES string of the molecule is COc1ccc(Br)c(NC(=O)NCc2noc(C)n2)c1. The number of nitrogens with one attached hydrogen (secondary N) is 2. The zero-order chi connectivity index (χ0) is 14.5. The number of urea groups is 1. The van der Waals surface area contributed by atoms with Crippen molar-refractivity contribution in [3.8, 4) is 5.75 Å². The summed E-state index contributed by atoms with van der Waals surface area (Å²) in [6, 6.07) is 4.91. The maximum Gasteiger partial charge on any atom is 0.319 e. The first-order valence-corrected chi connectivity index (χ1v) is 6.55. The molecule has 0 bridgehead atoms. The Morgan fingerprint density at radius 3 is 2.95 bits per heavy atom. The van der Waals surface area contributed by atoms with Gasteiger partial charge >= 0.3 is 6.03 Å². The molecule has 0 aliphatic rings. The smallest absolute Gasteiger partial charge is 0.319 e. The van der Waals surface area contributed by atoms with Crippen molar-refractivity contribution in [2.75, 3.05) is 12.4 Å². The van der Waals surface area contributed by atoms with Crippen LogP contribution in [0.2, 0.25) is 0 Å². The lowest BCUT2D eigenvalue weighted by atomic mass is 10.3. The molecule has 1 aromatic carbocycles. The minimum absolute atomic E-state index is 0.185. The first kappa shape index (κ1) is 14.3. The second-order valence-corrected chi connectivity index (χ2v) is 4.74. The second kappa shape index (κ2) is 6.38. The van der Waals surface area contributed by atoms with Crippen molar-refractivity contribution in [1.82, 2.24) is 15.5 Å². The Labute approximate surface area is 123 Å². The number of rotatable bonds is 4. The average Bonchev–Trinajstić information content (AvgIpc) is 2.85. The highest BCUT2D eigenvalue weighted by molar-refractivity contribution is 9.10. The number of nitrogens with zero attached hydrogens (tertiary/aromatic N) is 2. The summed E-state index contributed by atoms with van der Waals surface area (Å²) in [5.74, 6) is 1.53. The van der Waals surface area contributed by atoms with Gasteiger partial charge in [0.15, 0.2) is 5.82 Å². The summed E-state index contributed by atoms with van der Waals surface area (Å²) >= 11 is 3.35. The number of anilines is 1. The Kier molecular flexibility index (Phi) is 4.57. The van der Waals surface area contributed by atoms with Crippen LogP contribution in [0.15, 0.2) is 27.2 Å². The fourth-order valence-electron chi connectivity index (χ4n) is 1.47. The quantitative estimate of drug-likeness (QED) is 0.892. The van der Waals surface area contributed by atoms with E-state index in [1.807, 2.05) is 0 Å². The van der Waals surface area contributed by atoms with E-state index in [0.717, 1.165) is 4.47 Å². The summed E-state index contributed by atoms with van der Waals surface area (Å²) in [6.45, 7) is 1.87. The highest BCUT2D eigenvalue weighted by Crippen LogP contribution is 2.26. The maximum absolute atomic E-state index is 11.8. The number of halogens is 1. The molecule has 0 fully saturated rings. The minimum Gasteiger partial charge on any atom is -0.497 e. The van der Waals surface area contributed by atoms with Crippen molar-refractivity contribution in [3.05, 3.63) is 34.4 Å². The number of amides is 2. The highest BCUT2D eigenvalue weighted by atomic mass is 79.9. The van der Waals surface area contributed by atoms with E-state index in [1.54, 1.807) is 32.2 Å². The van der Waals surface area contributed by atoms with Crippen LogP contribution >= 0.6 is 15.9 Å². The van der Waals surface area contributed by atoms with Gasteiger partial charge in [-0.1, -0.05) is 5.16 Å². The third-order valence-corrected chi connectivity index (χ3v) is 3.09. The normalized spacial score (nSPS) is 10.2. The third kappa shape index (κ3) is 3.70. The first-order chi connectivity index (χ1) is 9.58. The lowest BCUT2D eigenvalue weighted by Crippen LogP contribution is -2.28. The Bertz CT molecular complexity index is 614. The van der Waals surface area contributed by atoms with E-state index in [0.29, 0.717) is 23.2 Å². The molecule has 2 N–H and O–H groups in total. The van der Waals surface area contributed by atoms with Gasteiger partial charge in [-0.2, -0.15) is 4.98 Å². The van der Waals surface area contributed by atoms with E-state index >= 15 is 0 Å². The van der Waals surface area contributed by atoms with Gasteiger partial charge in [-0.3, -0.25) is 0 Å². The third-order valence-electron chi connectivity index (χ3n) is 2.40. The summed E-state index contributed by atoms with van der Waals surface area (Å²) in [6.07, 6.45) is 0. The second-order valence-electron chi connectivity index (χ2n) is 3.88. The molecule has 106 valence electrons. The van der Waals surface area contributed by atoms with Crippen LogP contribution < -0.4 is 15.4 Å². The topological polar surface area (TPSA) is 89.3 Å². The molecule has 2 amide bonds. The molecule has 0 unspecified atom stereocenters. The van der Waals surface area contributed by atoms with Crippen molar-refractivity contribution in [1.29, 1.82) is 0 Å². The van der Waals surface area contributed by atoms with Gasteiger partial charge in [0.05, 0.1) is 19.3 Å². The van der Waals surface area contributed by atoms with Crippen LogP contribution in [-0.4, -0.2) is 23.3 Å². The van der Waals surface area contributed by atoms with Gasteiger partial charge in [-0.05, 0) is 28.1 Å². The van der Waals surface area contributed by atoms with Gasteiger partial charge in [0.1, 0.15) is 5.75 Å². The van der Waals surface area contributed by atoms with Gasteiger partial charge in [0.25, 0.3) is 0 Å². The summed E-state index contributed by atoms with van der Waals surface area (Å²) < 4.78 is 10.7. The van der Waals surface area contributed by atoms with Crippen molar-refractivity contribution < 1.29 is 14.1 Å². The van der Waals surface area contributed by atoms with Crippen LogP contribution in [0.5, 0.6) is 5.75 Å². The fraction of sp³-hybridized carbons (Fsp3) is 0.250. The van der Waals surface area contributed by atoms with Crippen molar-refractivity contribution in [2.24, 2.45) is 0 Å². The average molecular weight is 341 g/mol. The van der Waals surface area contributed by atoms with Crippen molar-refractivity contribution in [3.63, 3.8) is 0 Å². The standard InChI is InChI=1S/C12H13BrN4O3/c1-7-15-11(17-20-7)6-14-12(18)16-10-5-8(19-2)3-4-9(10)13/h3-5H,6H2,1-2H3,(H2,14,16,18). The van der Waals surface area contributed by atoms with Gasteiger partial charge < -0.3 is 19.9 Å². The molecule has 20 heavy (non-hydrogen) atoms. The molecule has 7 nitrogen and oxygen atoms in total. The van der Waals surface area contributed by atoms with E-state index in [-0.39, 0.29) is 12.6 Å². The number of ether oxygens (including phenoxy) is 1. The van der Waals surface area contributed by atoms with Crippen LogP contribution in [0.1, 0.15) is 11.7 Å². The zero-order valence-electron chi connectivity index (χ0n) is 10.9. The van der Waals surface area contributed by atoms with E-state index in [9.17, 15) is 4.79 Å². The Morgan fingerprint density at radius 2 is 2.30 bits per heavy atom. The molecule has 0 saturated heterocycles. The van der Waals surface area contributed by atoms with Crippen molar-refractivity contribution in [2.45, 2.75) is 13.5 Å². The molecule has 0 aliphatic carbocycles. The molecular formula is C12H13BrN4O3. The lowest BCUT2D eigenvalue weighted by Gasteiger charge is -2.09. The summed E-state index contributed by atoms with van der Waals surface area (Å²) in [5.41, 5.74) is 0.603. The van der Waals surface area contributed by atoms with Crippen LogP contribution in [0, 0.1) is 6.92 Å². The number of aromatic nitrogens is 2. The highest BCUT2D eigenvalue weighted by Gasteiger charge is 2.08. The fourth-order valence-corrected chi connectivity index (χ4v) is 1.81. The number of benzene rings is 1. The van der Waals surface area contributed by atoms with Crippen LogP contribution in [0.25, 0.3) is 0 Å². The van der Waals surface area contributed by atoms with Gasteiger partial charge in [-0.25, -0.2) is 4.79 Å². The molecule has 2 rings (SSSR count). The molecule has 1 aromatic heterocycles. The molecule has 0 saturated carbocycles. The van der Waals surface area contributed by atoms with Gasteiger partial charge in [0.2, 0.25) is 5.89 Å². The number of aryl methyl sites for hydroxylation is 1. The predicted octanol–water partition coefficient (Wildman–Crippen LogP) is 2.47. The number of methoxy groups -OCH3 is 1. The minimum atomic E-state index is -0.374. The Hall–Kier alpha value is -2.09. The zero-order valence-corrected chi connectivity index (χ0v) is 12.5. The molecule has 8 heteroatoms. The molecule has 1 heterocycles. The number of hydrogen-bond acceptors (Lipinski definition) is 5. The molecule has 0 spiro atoms. The molecule has 0 radical (unpaired) electrons. The van der Waals surface area contributed by atoms with Crippen molar-refractivity contribution >= 4 is 27.6 Å². The Morgan fingerprint density at radius 1 is 1.50 bits per heavy atom.